The zero-order chi connectivity index (χ0) is 18.4. The summed E-state index contributed by atoms with van der Waals surface area (Å²) in [5.74, 6) is 0.144. The zero-order valence-electron chi connectivity index (χ0n) is 15.1. The molecule has 0 aromatic heterocycles. The van der Waals surface area contributed by atoms with Crippen LogP contribution in [0.5, 0.6) is 0 Å². The number of benzene rings is 1. The average molecular weight is 345 g/mol. The molecule has 1 atom stereocenters. The van der Waals surface area contributed by atoms with Gasteiger partial charge in [-0.1, -0.05) is 26.0 Å². The van der Waals surface area contributed by atoms with Crippen molar-refractivity contribution in [1.82, 2.24) is 10.2 Å². The van der Waals surface area contributed by atoms with Crippen LogP contribution in [0.4, 0.5) is 10.5 Å². The monoisotopic (exact) mass is 345 g/mol. The highest BCUT2D eigenvalue weighted by molar-refractivity contribution is 6.06. The SMILES string of the molecule is CCc1ccc(NC(N)=NCCCN2C(=O)NC(C)(CC)C2=O)cc1. The van der Waals surface area contributed by atoms with Gasteiger partial charge in [-0.3, -0.25) is 14.7 Å². The third-order valence-electron chi connectivity index (χ3n) is 4.51. The highest BCUT2D eigenvalue weighted by Gasteiger charge is 2.45. The van der Waals surface area contributed by atoms with Gasteiger partial charge in [-0.15, -0.1) is 0 Å². The quantitative estimate of drug-likeness (QED) is 0.305. The number of amides is 3. The van der Waals surface area contributed by atoms with E-state index in [1.807, 2.05) is 31.2 Å². The number of guanidine groups is 1. The van der Waals surface area contributed by atoms with Crippen LogP contribution in [-0.4, -0.2) is 41.4 Å². The van der Waals surface area contributed by atoms with Gasteiger partial charge in [-0.25, -0.2) is 4.79 Å². The number of hydrogen-bond donors (Lipinski definition) is 3. The fourth-order valence-corrected chi connectivity index (χ4v) is 2.63. The summed E-state index contributed by atoms with van der Waals surface area (Å²) in [5, 5.41) is 5.77. The molecule has 7 heteroatoms. The molecule has 25 heavy (non-hydrogen) atoms. The Morgan fingerprint density at radius 2 is 1.96 bits per heavy atom. The van der Waals surface area contributed by atoms with E-state index >= 15 is 0 Å². The van der Waals surface area contributed by atoms with E-state index in [9.17, 15) is 9.59 Å². The van der Waals surface area contributed by atoms with Crippen LogP contribution in [0, 0.1) is 0 Å². The molecule has 0 saturated carbocycles. The number of imide groups is 1. The van der Waals surface area contributed by atoms with E-state index in [2.05, 4.69) is 22.5 Å². The largest absolute Gasteiger partial charge is 0.370 e. The minimum atomic E-state index is -0.786. The Morgan fingerprint density at radius 3 is 2.52 bits per heavy atom. The molecule has 0 spiro atoms. The van der Waals surface area contributed by atoms with E-state index in [1.165, 1.54) is 10.5 Å². The van der Waals surface area contributed by atoms with Gasteiger partial charge in [0.2, 0.25) is 0 Å². The van der Waals surface area contributed by atoms with Crippen LogP contribution in [-0.2, 0) is 11.2 Å². The molecule has 0 bridgehead atoms. The van der Waals surface area contributed by atoms with Crippen molar-refractivity contribution in [2.45, 2.75) is 45.6 Å². The number of hydrogen-bond acceptors (Lipinski definition) is 3. The Balaban J connectivity index is 1.80. The number of nitrogens with one attached hydrogen (secondary N) is 2. The van der Waals surface area contributed by atoms with Gasteiger partial charge in [-0.2, -0.15) is 0 Å². The van der Waals surface area contributed by atoms with E-state index in [0.29, 0.717) is 31.9 Å². The molecule has 1 saturated heterocycles. The zero-order valence-corrected chi connectivity index (χ0v) is 15.1. The van der Waals surface area contributed by atoms with E-state index in [-0.39, 0.29) is 11.9 Å². The summed E-state index contributed by atoms with van der Waals surface area (Å²) in [6, 6.07) is 7.66. The molecule has 3 amide bonds. The molecular formula is C18H27N5O2. The van der Waals surface area contributed by atoms with Gasteiger partial charge in [0.25, 0.3) is 5.91 Å². The van der Waals surface area contributed by atoms with Gasteiger partial charge in [0, 0.05) is 18.8 Å². The maximum Gasteiger partial charge on any atom is 0.325 e. The molecule has 136 valence electrons. The van der Waals surface area contributed by atoms with Crippen molar-refractivity contribution in [3.8, 4) is 0 Å². The number of aryl methyl sites for hydroxylation is 1. The van der Waals surface area contributed by atoms with Crippen LogP contribution < -0.4 is 16.4 Å². The van der Waals surface area contributed by atoms with E-state index in [1.54, 1.807) is 6.92 Å². The summed E-state index contributed by atoms with van der Waals surface area (Å²) < 4.78 is 0. The van der Waals surface area contributed by atoms with Gasteiger partial charge in [-0.05, 0) is 43.9 Å². The third-order valence-corrected chi connectivity index (χ3v) is 4.51. The highest BCUT2D eigenvalue weighted by Crippen LogP contribution is 2.20. The van der Waals surface area contributed by atoms with Crippen LogP contribution in [0.25, 0.3) is 0 Å². The lowest BCUT2D eigenvalue weighted by Gasteiger charge is -2.19. The first-order valence-electron chi connectivity index (χ1n) is 8.69. The van der Waals surface area contributed by atoms with Gasteiger partial charge in [0.1, 0.15) is 5.54 Å². The second-order valence-corrected chi connectivity index (χ2v) is 6.37. The third kappa shape index (κ3) is 4.49. The molecule has 2 rings (SSSR count). The van der Waals surface area contributed by atoms with Gasteiger partial charge < -0.3 is 16.4 Å². The second kappa shape index (κ2) is 8.00. The number of carbonyl (C=O) groups excluding carboxylic acids is 2. The van der Waals surface area contributed by atoms with Crippen molar-refractivity contribution in [2.75, 3.05) is 18.4 Å². The summed E-state index contributed by atoms with van der Waals surface area (Å²) in [5.41, 5.74) is 7.22. The summed E-state index contributed by atoms with van der Waals surface area (Å²) >= 11 is 0. The Kier molecular flexibility index (Phi) is 6.01. The molecule has 0 radical (unpaired) electrons. The minimum Gasteiger partial charge on any atom is -0.370 e. The summed E-state index contributed by atoms with van der Waals surface area (Å²) in [6.45, 7) is 6.50. The topological polar surface area (TPSA) is 99.8 Å². The number of anilines is 1. The molecule has 1 fully saturated rings. The predicted molar refractivity (Wildman–Crippen MR) is 99.5 cm³/mol. The number of aliphatic imine (C=N–C) groups is 1. The Hall–Kier alpha value is -2.57. The molecule has 1 heterocycles. The number of urea groups is 1. The molecule has 1 unspecified atom stereocenters. The van der Waals surface area contributed by atoms with Crippen molar-refractivity contribution in [3.63, 3.8) is 0 Å². The minimum absolute atomic E-state index is 0.175. The van der Waals surface area contributed by atoms with Crippen molar-refractivity contribution in [3.05, 3.63) is 29.8 Å². The fourth-order valence-electron chi connectivity index (χ4n) is 2.63. The summed E-state index contributed by atoms with van der Waals surface area (Å²) in [7, 11) is 0. The second-order valence-electron chi connectivity index (χ2n) is 6.37. The smallest absolute Gasteiger partial charge is 0.325 e. The molecule has 1 aliphatic rings. The number of nitrogens with zero attached hydrogens (tertiary/aromatic N) is 2. The maximum absolute atomic E-state index is 12.3. The van der Waals surface area contributed by atoms with E-state index < -0.39 is 5.54 Å². The first kappa shape index (κ1) is 18.8. The first-order chi connectivity index (χ1) is 11.9. The normalized spacial score (nSPS) is 20.8. The van der Waals surface area contributed by atoms with Crippen molar-refractivity contribution >= 4 is 23.6 Å². The standard InChI is InChI=1S/C18H27N5O2/c1-4-13-7-9-14(10-8-13)21-16(19)20-11-6-12-23-15(24)18(3,5-2)22-17(23)25/h7-10H,4-6,11-12H2,1-3H3,(H,22,25)(H3,19,20,21). The molecule has 1 aliphatic heterocycles. The summed E-state index contributed by atoms with van der Waals surface area (Å²) in [4.78, 5) is 29.7. The van der Waals surface area contributed by atoms with E-state index in [0.717, 1.165) is 12.1 Å². The van der Waals surface area contributed by atoms with Gasteiger partial charge in [0.05, 0.1) is 0 Å². The van der Waals surface area contributed by atoms with Crippen molar-refractivity contribution in [2.24, 2.45) is 10.7 Å². The fraction of sp³-hybridized carbons (Fsp3) is 0.500. The number of nitrogens with two attached hydrogens (primary N) is 1. The van der Waals surface area contributed by atoms with Crippen LogP contribution in [0.3, 0.4) is 0 Å². The predicted octanol–water partition coefficient (Wildman–Crippen LogP) is 2.09. The average Bonchev–Trinajstić information content (AvgIpc) is 2.82. The Bertz CT molecular complexity index is 656. The maximum atomic E-state index is 12.3. The van der Waals surface area contributed by atoms with Crippen LogP contribution in [0.2, 0.25) is 0 Å². The Morgan fingerprint density at radius 1 is 1.28 bits per heavy atom. The van der Waals surface area contributed by atoms with Crippen LogP contribution in [0.15, 0.2) is 29.3 Å². The van der Waals surface area contributed by atoms with E-state index in [4.69, 9.17) is 5.73 Å². The molecule has 7 nitrogen and oxygen atoms in total. The number of carbonyl (C=O) groups is 2. The molecular weight excluding hydrogens is 318 g/mol. The van der Waals surface area contributed by atoms with Crippen LogP contribution in [0.1, 0.15) is 39.2 Å². The summed E-state index contributed by atoms with van der Waals surface area (Å²) in [6.07, 6.45) is 2.12. The molecule has 4 N–H and O–H groups in total. The van der Waals surface area contributed by atoms with Crippen molar-refractivity contribution < 1.29 is 9.59 Å². The molecule has 0 aliphatic carbocycles. The number of rotatable bonds is 7. The molecule has 1 aromatic rings. The Labute approximate surface area is 148 Å². The van der Waals surface area contributed by atoms with Gasteiger partial charge >= 0.3 is 6.03 Å². The highest BCUT2D eigenvalue weighted by atomic mass is 16.2. The molecule has 1 aromatic carbocycles. The first-order valence-corrected chi connectivity index (χ1v) is 8.69. The van der Waals surface area contributed by atoms with Crippen molar-refractivity contribution in [1.29, 1.82) is 0 Å². The lowest BCUT2D eigenvalue weighted by molar-refractivity contribution is -0.130. The van der Waals surface area contributed by atoms with Crippen LogP contribution >= 0.6 is 0 Å². The lowest BCUT2D eigenvalue weighted by atomic mass is 9.99. The lowest BCUT2D eigenvalue weighted by Crippen LogP contribution is -2.43. The van der Waals surface area contributed by atoms with Gasteiger partial charge in [0.15, 0.2) is 5.96 Å².